The van der Waals surface area contributed by atoms with E-state index in [0.717, 1.165) is 29.7 Å². The van der Waals surface area contributed by atoms with E-state index in [0.29, 0.717) is 12.5 Å². The van der Waals surface area contributed by atoms with E-state index in [2.05, 4.69) is 11.9 Å². The number of aryl methyl sites for hydroxylation is 1. The molecular formula is C13H18FN3. The molecule has 1 heterocycles. The molecule has 2 rings (SSSR count). The van der Waals surface area contributed by atoms with Crippen LogP contribution in [0.3, 0.4) is 0 Å². The Hall–Kier alpha value is -1.42. The molecule has 17 heavy (non-hydrogen) atoms. The monoisotopic (exact) mass is 235 g/mol. The molecule has 0 amide bonds. The van der Waals surface area contributed by atoms with E-state index in [1.165, 1.54) is 12.1 Å². The molecule has 3 nitrogen and oxygen atoms in total. The molecule has 0 fully saturated rings. The third kappa shape index (κ3) is 2.31. The molecule has 0 spiro atoms. The SMILES string of the molecule is CC(CCCN)c1nc2cc(F)ccc2n1C. The normalized spacial score (nSPS) is 13.2. The summed E-state index contributed by atoms with van der Waals surface area (Å²) in [6.07, 6.45) is 1.99. The summed E-state index contributed by atoms with van der Waals surface area (Å²) in [6, 6.07) is 4.73. The first kappa shape index (κ1) is 12.0. The molecule has 0 saturated carbocycles. The Kier molecular flexibility index (Phi) is 3.43. The van der Waals surface area contributed by atoms with Crippen LogP contribution in [0, 0.1) is 5.82 Å². The summed E-state index contributed by atoms with van der Waals surface area (Å²) in [5.41, 5.74) is 7.21. The number of hydrogen-bond donors (Lipinski definition) is 1. The van der Waals surface area contributed by atoms with Gasteiger partial charge in [-0.15, -0.1) is 0 Å². The second-order valence-corrected chi connectivity index (χ2v) is 4.49. The fourth-order valence-corrected chi connectivity index (χ4v) is 2.19. The van der Waals surface area contributed by atoms with Crippen LogP contribution in [0.5, 0.6) is 0 Å². The Morgan fingerprint density at radius 3 is 2.94 bits per heavy atom. The van der Waals surface area contributed by atoms with Gasteiger partial charge in [0.2, 0.25) is 0 Å². The summed E-state index contributed by atoms with van der Waals surface area (Å²) in [5.74, 6) is 1.11. The first-order valence-electron chi connectivity index (χ1n) is 5.95. The highest BCUT2D eigenvalue weighted by atomic mass is 19.1. The standard InChI is InChI=1S/C13H18FN3/c1-9(4-3-7-15)13-16-11-8-10(14)5-6-12(11)17(13)2/h5-6,8-9H,3-4,7,15H2,1-2H3. The zero-order chi connectivity index (χ0) is 12.4. The first-order valence-corrected chi connectivity index (χ1v) is 5.95. The van der Waals surface area contributed by atoms with E-state index < -0.39 is 0 Å². The van der Waals surface area contributed by atoms with Crippen LogP contribution in [0.25, 0.3) is 11.0 Å². The van der Waals surface area contributed by atoms with Crippen molar-refractivity contribution in [2.24, 2.45) is 12.8 Å². The highest BCUT2D eigenvalue weighted by Gasteiger charge is 2.14. The average Bonchev–Trinajstić information content (AvgIpc) is 2.63. The lowest BCUT2D eigenvalue weighted by atomic mass is 10.1. The lowest BCUT2D eigenvalue weighted by Crippen LogP contribution is -2.06. The van der Waals surface area contributed by atoms with Gasteiger partial charge in [0.15, 0.2) is 0 Å². The lowest BCUT2D eigenvalue weighted by Gasteiger charge is -2.10. The third-order valence-electron chi connectivity index (χ3n) is 3.16. The third-order valence-corrected chi connectivity index (χ3v) is 3.16. The molecule has 2 N–H and O–H groups in total. The predicted molar refractivity (Wildman–Crippen MR) is 67.4 cm³/mol. The van der Waals surface area contributed by atoms with Crippen molar-refractivity contribution in [3.63, 3.8) is 0 Å². The van der Waals surface area contributed by atoms with E-state index in [1.54, 1.807) is 6.07 Å². The number of benzene rings is 1. The number of nitrogens with zero attached hydrogens (tertiary/aromatic N) is 2. The molecule has 92 valence electrons. The second kappa shape index (κ2) is 4.84. The van der Waals surface area contributed by atoms with Crippen LogP contribution in [-0.2, 0) is 7.05 Å². The molecule has 1 aromatic carbocycles. The molecule has 1 atom stereocenters. The zero-order valence-electron chi connectivity index (χ0n) is 10.3. The predicted octanol–water partition coefficient (Wildman–Crippen LogP) is 2.55. The van der Waals surface area contributed by atoms with E-state index in [-0.39, 0.29) is 5.82 Å². The Morgan fingerprint density at radius 1 is 1.47 bits per heavy atom. The van der Waals surface area contributed by atoms with Crippen molar-refractivity contribution in [3.8, 4) is 0 Å². The first-order chi connectivity index (χ1) is 8.13. The van der Waals surface area contributed by atoms with Crippen LogP contribution < -0.4 is 5.73 Å². The van der Waals surface area contributed by atoms with Gasteiger partial charge in [-0.1, -0.05) is 6.92 Å². The molecule has 0 aliphatic rings. The van der Waals surface area contributed by atoms with Gasteiger partial charge in [-0.05, 0) is 31.5 Å². The van der Waals surface area contributed by atoms with Crippen molar-refractivity contribution in [2.75, 3.05) is 6.54 Å². The number of aromatic nitrogens is 2. The van der Waals surface area contributed by atoms with Crippen LogP contribution >= 0.6 is 0 Å². The van der Waals surface area contributed by atoms with Gasteiger partial charge < -0.3 is 10.3 Å². The fourth-order valence-electron chi connectivity index (χ4n) is 2.19. The van der Waals surface area contributed by atoms with Gasteiger partial charge >= 0.3 is 0 Å². The molecule has 4 heteroatoms. The summed E-state index contributed by atoms with van der Waals surface area (Å²) < 4.78 is 15.2. The van der Waals surface area contributed by atoms with Crippen molar-refractivity contribution < 1.29 is 4.39 Å². The van der Waals surface area contributed by atoms with Gasteiger partial charge in [-0.2, -0.15) is 0 Å². The van der Waals surface area contributed by atoms with Gasteiger partial charge in [0.1, 0.15) is 11.6 Å². The summed E-state index contributed by atoms with van der Waals surface area (Å²) in [7, 11) is 1.97. The van der Waals surface area contributed by atoms with Crippen molar-refractivity contribution in [2.45, 2.75) is 25.7 Å². The minimum Gasteiger partial charge on any atom is -0.331 e. The molecule has 0 bridgehead atoms. The van der Waals surface area contributed by atoms with Gasteiger partial charge in [-0.25, -0.2) is 9.37 Å². The highest BCUT2D eigenvalue weighted by Crippen LogP contribution is 2.24. The molecular weight excluding hydrogens is 217 g/mol. The van der Waals surface area contributed by atoms with Crippen LogP contribution in [0.15, 0.2) is 18.2 Å². The summed E-state index contributed by atoms with van der Waals surface area (Å²) in [5, 5.41) is 0. The second-order valence-electron chi connectivity index (χ2n) is 4.49. The number of halogens is 1. The maximum Gasteiger partial charge on any atom is 0.125 e. The zero-order valence-corrected chi connectivity index (χ0v) is 10.3. The smallest absolute Gasteiger partial charge is 0.125 e. The lowest BCUT2D eigenvalue weighted by molar-refractivity contribution is 0.592. The van der Waals surface area contributed by atoms with E-state index >= 15 is 0 Å². The maximum absolute atomic E-state index is 13.1. The van der Waals surface area contributed by atoms with Gasteiger partial charge in [0.05, 0.1) is 11.0 Å². The Balaban J connectivity index is 2.37. The van der Waals surface area contributed by atoms with Gasteiger partial charge in [0, 0.05) is 19.0 Å². The van der Waals surface area contributed by atoms with Crippen LogP contribution in [-0.4, -0.2) is 16.1 Å². The minimum absolute atomic E-state index is 0.239. The van der Waals surface area contributed by atoms with Gasteiger partial charge in [0.25, 0.3) is 0 Å². The highest BCUT2D eigenvalue weighted by molar-refractivity contribution is 5.76. The summed E-state index contributed by atoms with van der Waals surface area (Å²) >= 11 is 0. The van der Waals surface area contributed by atoms with Crippen LogP contribution in [0.2, 0.25) is 0 Å². The van der Waals surface area contributed by atoms with Crippen LogP contribution in [0.1, 0.15) is 31.5 Å². The molecule has 0 aliphatic heterocycles. The molecule has 0 saturated heterocycles. The van der Waals surface area contributed by atoms with E-state index in [1.807, 2.05) is 11.6 Å². The van der Waals surface area contributed by atoms with Crippen molar-refractivity contribution >= 4 is 11.0 Å². The number of fused-ring (bicyclic) bond motifs is 1. The van der Waals surface area contributed by atoms with E-state index in [4.69, 9.17) is 5.73 Å². The Morgan fingerprint density at radius 2 is 2.24 bits per heavy atom. The fraction of sp³-hybridized carbons (Fsp3) is 0.462. The molecule has 1 aromatic heterocycles. The topological polar surface area (TPSA) is 43.8 Å². The summed E-state index contributed by atoms with van der Waals surface area (Å²) in [4.78, 5) is 4.51. The van der Waals surface area contributed by atoms with Crippen molar-refractivity contribution in [1.82, 2.24) is 9.55 Å². The maximum atomic E-state index is 13.1. The van der Waals surface area contributed by atoms with Crippen LogP contribution in [0.4, 0.5) is 4.39 Å². The number of nitrogens with two attached hydrogens (primary N) is 1. The largest absolute Gasteiger partial charge is 0.331 e. The molecule has 2 aromatic rings. The number of imidazole rings is 1. The van der Waals surface area contributed by atoms with Gasteiger partial charge in [-0.3, -0.25) is 0 Å². The summed E-state index contributed by atoms with van der Waals surface area (Å²) in [6.45, 7) is 2.83. The van der Waals surface area contributed by atoms with E-state index in [9.17, 15) is 4.39 Å². The molecule has 0 aliphatic carbocycles. The quantitative estimate of drug-likeness (QED) is 0.885. The molecule has 1 unspecified atom stereocenters. The molecule has 0 radical (unpaired) electrons. The Bertz CT molecular complexity index is 519. The number of hydrogen-bond acceptors (Lipinski definition) is 2. The minimum atomic E-state index is -0.239. The number of rotatable bonds is 4. The Labute approximate surface area is 100 Å². The van der Waals surface area contributed by atoms with Crippen molar-refractivity contribution in [3.05, 3.63) is 29.8 Å². The average molecular weight is 235 g/mol. The van der Waals surface area contributed by atoms with Crippen molar-refractivity contribution in [1.29, 1.82) is 0 Å².